The summed E-state index contributed by atoms with van der Waals surface area (Å²) in [5, 5.41) is 23.0. The summed E-state index contributed by atoms with van der Waals surface area (Å²) in [6.07, 6.45) is 0.616. The zero-order valence-electron chi connectivity index (χ0n) is 14.3. The van der Waals surface area contributed by atoms with Gasteiger partial charge in [0.1, 0.15) is 5.75 Å². The first-order valence-corrected chi connectivity index (χ1v) is 8.12. The van der Waals surface area contributed by atoms with Crippen LogP contribution in [0.2, 0.25) is 0 Å². The standard InChI is InChI=1S/C18H15N3O6/c1-2-7-20-17(24)12-5-3-10(8-13(12)18(20)25)16(23)19-14-9-11(21(26)27)4-6-15(14)22/h3-6,8-9,22H,2,7H2,1H3,(H,19,23). The maximum absolute atomic E-state index is 12.4. The molecular weight excluding hydrogens is 354 g/mol. The number of imide groups is 1. The van der Waals surface area contributed by atoms with E-state index in [1.165, 1.54) is 18.2 Å². The Bertz CT molecular complexity index is 985. The number of carbonyl (C=O) groups is 3. The van der Waals surface area contributed by atoms with Gasteiger partial charge in [-0.05, 0) is 30.7 Å². The second kappa shape index (κ2) is 6.87. The maximum Gasteiger partial charge on any atom is 0.271 e. The van der Waals surface area contributed by atoms with Gasteiger partial charge < -0.3 is 10.4 Å². The van der Waals surface area contributed by atoms with Gasteiger partial charge in [-0.3, -0.25) is 29.4 Å². The normalized spacial score (nSPS) is 12.9. The number of hydrogen-bond donors (Lipinski definition) is 2. The number of benzene rings is 2. The highest BCUT2D eigenvalue weighted by Gasteiger charge is 2.35. The summed E-state index contributed by atoms with van der Waals surface area (Å²) in [6, 6.07) is 7.30. The number of nitro benzene ring substituents is 1. The second-order valence-corrected chi connectivity index (χ2v) is 5.93. The lowest BCUT2D eigenvalue weighted by Gasteiger charge is -2.11. The van der Waals surface area contributed by atoms with Crippen molar-refractivity contribution in [2.45, 2.75) is 13.3 Å². The van der Waals surface area contributed by atoms with Crippen molar-refractivity contribution in [1.29, 1.82) is 0 Å². The zero-order valence-corrected chi connectivity index (χ0v) is 14.3. The largest absolute Gasteiger partial charge is 0.506 e. The number of rotatable bonds is 5. The van der Waals surface area contributed by atoms with Crippen molar-refractivity contribution in [2.75, 3.05) is 11.9 Å². The molecule has 27 heavy (non-hydrogen) atoms. The number of nitro groups is 1. The highest BCUT2D eigenvalue weighted by Crippen LogP contribution is 2.29. The number of aromatic hydroxyl groups is 1. The molecule has 2 aromatic rings. The van der Waals surface area contributed by atoms with Crippen LogP contribution in [-0.2, 0) is 0 Å². The number of amides is 3. The number of carbonyl (C=O) groups excluding carboxylic acids is 3. The van der Waals surface area contributed by atoms with Crippen LogP contribution < -0.4 is 5.32 Å². The molecule has 1 aliphatic heterocycles. The Hall–Kier alpha value is -3.75. The Kier molecular flexibility index (Phi) is 4.59. The van der Waals surface area contributed by atoms with Crippen LogP contribution in [0.3, 0.4) is 0 Å². The van der Waals surface area contributed by atoms with Gasteiger partial charge >= 0.3 is 0 Å². The number of nitrogens with one attached hydrogen (secondary N) is 1. The number of anilines is 1. The van der Waals surface area contributed by atoms with Crippen molar-refractivity contribution in [3.05, 3.63) is 63.2 Å². The fraction of sp³-hybridized carbons (Fsp3) is 0.167. The third kappa shape index (κ3) is 3.22. The molecule has 1 aliphatic rings. The zero-order chi connectivity index (χ0) is 19.7. The molecule has 2 aromatic carbocycles. The molecule has 0 atom stereocenters. The topological polar surface area (TPSA) is 130 Å². The van der Waals surface area contributed by atoms with Crippen molar-refractivity contribution in [3.8, 4) is 5.75 Å². The smallest absolute Gasteiger partial charge is 0.271 e. The van der Waals surface area contributed by atoms with Crippen molar-refractivity contribution < 1.29 is 24.4 Å². The molecule has 0 aliphatic carbocycles. The maximum atomic E-state index is 12.4. The van der Waals surface area contributed by atoms with E-state index in [0.717, 1.165) is 23.1 Å². The molecule has 0 spiro atoms. The summed E-state index contributed by atoms with van der Waals surface area (Å²) in [5.74, 6) is -1.89. The van der Waals surface area contributed by atoms with Crippen LogP contribution in [0.25, 0.3) is 0 Å². The minimum Gasteiger partial charge on any atom is -0.506 e. The minimum absolute atomic E-state index is 0.0826. The van der Waals surface area contributed by atoms with Crippen molar-refractivity contribution in [1.82, 2.24) is 4.90 Å². The molecular formula is C18H15N3O6. The third-order valence-electron chi connectivity index (χ3n) is 4.12. The Morgan fingerprint density at radius 1 is 1.15 bits per heavy atom. The molecule has 3 rings (SSSR count). The first-order valence-electron chi connectivity index (χ1n) is 8.12. The summed E-state index contributed by atoms with van der Waals surface area (Å²) in [5.41, 5.74) is 0.00413. The summed E-state index contributed by atoms with van der Waals surface area (Å²) < 4.78 is 0. The van der Waals surface area contributed by atoms with E-state index >= 15 is 0 Å². The van der Waals surface area contributed by atoms with Gasteiger partial charge in [-0.15, -0.1) is 0 Å². The highest BCUT2D eigenvalue weighted by atomic mass is 16.6. The van der Waals surface area contributed by atoms with Gasteiger partial charge in [-0.1, -0.05) is 6.92 Å². The van der Waals surface area contributed by atoms with Crippen LogP contribution in [0.5, 0.6) is 5.75 Å². The minimum atomic E-state index is -0.678. The SMILES string of the molecule is CCCN1C(=O)c2ccc(C(=O)Nc3cc([N+](=O)[O-])ccc3O)cc2C1=O. The summed E-state index contributed by atoms with van der Waals surface area (Å²) in [4.78, 5) is 48.3. The van der Waals surface area contributed by atoms with Gasteiger partial charge in [-0.25, -0.2) is 0 Å². The van der Waals surface area contributed by atoms with E-state index in [1.54, 1.807) is 0 Å². The van der Waals surface area contributed by atoms with Gasteiger partial charge in [0.25, 0.3) is 23.4 Å². The monoisotopic (exact) mass is 369 g/mol. The van der Waals surface area contributed by atoms with Crippen LogP contribution in [-0.4, -0.2) is 39.2 Å². The molecule has 0 bridgehead atoms. The first kappa shape index (κ1) is 18.1. The number of non-ortho nitro benzene ring substituents is 1. The van der Waals surface area contributed by atoms with Crippen molar-refractivity contribution >= 4 is 29.1 Å². The average Bonchev–Trinajstić information content (AvgIpc) is 2.88. The van der Waals surface area contributed by atoms with Crippen molar-refractivity contribution in [2.24, 2.45) is 0 Å². The van der Waals surface area contributed by atoms with E-state index in [2.05, 4.69) is 5.32 Å². The molecule has 1 heterocycles. The molecule has 3 amide bonds. The fourth-order valence-corrected chi connectivity index (χ4v) is 2.79. The fourth-order valence-electron chi connectivity index (χ4n) is 2.79. The molecule has 0 unspecified atom stereocenters. The molecule has 0 aromatic heterocycles. The lowest BCUT2D eigenvalue weighted by molar-refractivity contribution is -0.384. The predicted molar refractivity (Wildman–Crippen MR) is 94.8 cm³/mol. The molecule has 0 radical (unpaired) electrons. The average molecular weight is 369 g/mol. The van der Waals surface area contributed by atoms with Gasteiger partial charge in [-0.2, -0.15) is 0 Å². The Labute approximate surface area is 153 Å². The summed E-state index contributed by atoms with van der Waals surface area (Å²) in [6.45, 7) is 2.13. The summed E-state index contributed by atoms with van der Waals surface area (Å²) >= 11 is 0. The molecule has 0 fully saturated rings. The lowest BCUT2D eigenvalue weighted by atomic mass is 10.1. The Morgan fingerprint density at radius 2 is 1.85 bits per heavy atom. The van der Waals surface area contributed by atoms with Gasteiger partial charge in [0, 0.05) is 24.2 Å². The molecule has 0 saturated heterocycles. The first-order chi connectivity index (χ1) is 12.8. The van der Waals surface area contributed by atoms with Crippen LogP contribution in [0.15, 0.2) is 36.4 Å². The van der Waals surface area contributed by atoms with E-state index in [9.17, 15) is 29.6 Å². The molecule has 2 N–H and O–H groups in total. The quantitative estimate of drug-likeness (QED) is 0.360. The van der Waals surface area contributed by atoms with Crippen molar-refractivity contribution in [3.63, 3.8) is 0 Å². The number of hydrogen-bond acceptors (Lipinski definition) is 6. The molecule has 0 saturated carbocycles. The molecule has 138 valence electrons. The summed E-state index contributed by atoms with van der Waals surface area (Å²) in [7, 11) is 0. The Morgan fingerprint density at radius 3 is 2.52 bits per heavy atom. The van der Waals surface area contributed by atoms with Gasteiger partial charge in [0.2, 0.25) is 0 Å². The van der Waals surface area contributed by atoms with E-state index in [-0.39, 0.29) is 40.4 Å². The number of phenols is 1. The Balaban J connectivity index is 1.88. The van der Waals surface area contributed by atoms with Crippen LogP contribution in [0.1, 0.15) is 44.4 Å². The number of phenolic OH excluding ortho intramolecular Hbond substituents is 1. The third-order valence-corrected chi connectivity index (χ3v) is 4.12. The van der Waals surface area contributed by atoms with E-state index in [1.807, 2.05) is 6.92 Å². The second-order valence-electron chi connectivity index (χ2n) is 5.93. The van der Waals surface area contributed by atoms with E-state index in [0.29, 0.717) is 6.42 Å². The van der Waals surface area contributed by atoms with Gasteiger partial charge in [0.15, 0.2) is 0 Å². The molecule has 9 nitrogen and oxygen atoms in total. The molecule has 9 heteroatoms. The van der Waals surface area contributed by atoms with Crippen LogP contribution in [0, 0.1) is 10.1 Å². The highest BCUT2D eigenvalue weighted by molar-refractivity contribution is 6.22. The predicted octanol–water partition coefficient (Wildman–Crippen LogP) is 2.56. The van der Waals surface area contributed by atoms with E-state index in [4.69, 9.17) is 0 Å². The number of fused-ring (bicyclic) bond motifs is 1. The van der Waals surface area contributed by atoms with Crippen LogP contribution in [0.4, 0.5) is 11.4 Å². The van der Waals surface area contributed by atoms with Gasteiger partial charge in [0.05, 0.1) is 21.7 Å². The van der Waals surface area contributed by atoms with Crippen LogP contribution >= 0.6 is 0 Å². The lowest BCUT2D eigenvalue weighted by Crippen LogP contribution is -2.30. The van der Waals surface area contributed by atoms with E-state index < -0.39 is 22.6 Å². The number of nitrogens with zero attached hydrogens (tertiary/aromatic N) is 2.